The third-order valence-electron chi connectivity index (χ3n) is 3.91. The highest BCUT2D eigenvalue weighted by Crippen LogP contribution is 2.20. The molecule has 0 saturated carbocycles. The Labute approximate surface area is 159 Å². The molecular weight excluding hydrogens is 350 g/mol. The second-order valence-corrected chi connectivity index (χ2v) is 6.55. The maximum Gasteiger partial charge on any atom is 0.274 e. The topological polar surface area (TPSA) is 62.3 Å². The van der Waals surface area contributed by atoms with E-state index in [-0.39, 0.29) is 23.2 Å². The van der Waals surface area contributed by atoms with Crippen molar-refractivity contribution in [3.63, 3.8) is 0 Å². The predicted molar refractivity (Wildman–Crippen MR) is 105 cm³/mol. The van der Waals surface area contributed by atoms with Crippen LogP contribution >= 0.6 is 11.6 Å². The number of aryl methyl sites for hydroxylation is 1. The zero-order valence-corrected chi connectivity index (χ0v) is 16.1. The van der Waals surface area contributed by atoms with Gasteiger partial charge in [-0.2, -0.15) is 0 Å². The number of benzene rings is 1. The molecule has 0 radical (unpaired) electrons. The van der Waals surface area contributed by atoms with E-state index in [2.05, 4.69) is 10.3 Å². The molecule has 1 heterocycles. The first kappa shape index (κ1) is 19.9. The molecule has 1 aromatic carbocycles. The minimum atomic E-state index is -0.359. The fourth-order valence-electron chi connectivity index (χ4n) is 2.65. The minimum absolute atomic E-state index is 0.147. The van der Waals surface area contributed by atoms with E-state index < -0.39 is 0 Å². The zero-order chi connectivity index (χ0) is 19.1. The molecule has 2 rings (SSSR count). The number of amides is 2. The van der Waals surface area contributed by atoms with Gasteiger partial charge in [0.2, 0.25) is 0 Å². The van der Waals surface area contributed by atoms with Crippen molar-refractivity contribution in [2.75, 3.05) is 18.4 Å². The van der Waals surface area contributed by atoms with Crippen LogP contribution in [0.1, 0.15) is 53.2 Å². The molecule has 0 fully saturated rings. The van der Waals surface area contributed by atoms with Crippen LogP contribution in [0.25, 0.3) is 0 Å². The van der Waals surface area contributed by atoms with E-state index in [1.54, 1.807) is 41.3 Å². The normalized spacial score (nSPS) is 10.5. The third-order valence-corrected chi connectivity index (χ3v) is 4.15. The van der Waals surface area contributed by atoms with Gasteiger partial charge in [0.1, 0.15) is 11.4 Å². The number of hydrogen-bond acceptors (Lipinski definition) is 3. The Morgan fingerprint density at radius 2 is 1.73 bits per heavy atom. The number of nitrogens with zero attached hydrogens (tertiary/aromatic N) is 2. The number of halogens is 1. The van der Waals surface area contributed by atoms with Crippen molar-refractivity contribution < 1.29 is 9.59 Å². The summed E-state index contributed by atoms with van der Waals surface area (Å²) in [6.45, 7) is 7.27. The lowest BCUT2D eigenvalue weighted by atomic mass is 10.2. The van der Waals surface area contributed by atoms with Crippen LogP contribution < -0.4 is 5.32 Å². The first-order chi connectivity index (χ1) is 12.5. The Balaban J connectivity index is 2.19. The van der Waals surface area contributed by atoms with Crippen LogP contribution in [0.4, 0.5) is 5.69 Å². The molecule has 2 aromatic rings. The second-order valence-electron chi connectivity index (χ2n) is 6.11. The summed E-state index contributed by atoms with van der Waals surface area (Å²) in [7, 11) is 0. The summed E-state index contributed by atoms with van der Waals surface area (Å²) in [4.78, 5) is 31.2. The molecule has 138 valence electrons. The number of nitrogens with one attached hydrogen (secondary N) is 1. The number of carbonyl (C=O) groups excluding carboxylic acids is 2. The first-order valence-electron chi connectivity index (χ1n) is 8.80. The van der Waals surface area contributed by atoms with E-state index in [1.165, 1.54) is 0 Å². The van der Waals surface area contributed by atoms with Gasteiger partial charge in [0.25, 0.3) is 11.8 Å². The van der Waals surface area contributed by atoms with Crippen molar-refractivity contribution in [3.8, 4) is 0 Å². The summed E-state index contributed by atoms with van der Waals surface area (Å²) in [5, 5.41) is 3.42. The van der Waals surface area contributed by atoms with E-state index in [4.69, 9.17) is 11.6 Å². The van der Waals surface area contributed by atoms with Crippen molar-refractivity contribution in [2.24, 2.45) is 0 Å². The zero-order valence-electron chi connectivity index (χ0n) is 15.4. The number of aromatic nitrogens is 1. The number of rotatable bonds is 7. The van der Waals surface area contributed by atoms with Gasteiger partial charge in [-0.15, -0.1) is 0 Å². The van der Waals surface area contributed by atoms with Crippen LogP contribution in [0.5, 0.6) is 0 Å². The van der Waals surface area contributed by atoms with Gasteiger partial charge in [0.15, 0.2) is 0 Å². The molecule has 0 aliphatic rings. The number of anilines is 1. The van der Waals surface area contributed by atoms with Crippen molar-refractivity contribution in [1.29, 1.82) is 0 Å². The van der Waals surface area contributed by atoms with Crippen LogP contribution in [-0.4, -0.2) is 34.8 Å². The maximum absolute atomic E-state index is 12.7. The fourth-order valence-corrected chi connectivity index (χ4v) is 2.88. The van der Waals surface area contributed by atoms with Gasteiger partial charge in [0.05, 0.1) is 0 Å². The molecule has 0 aliphatic heterocycles. The largest absolute Gasteiger partial charge is 0.337 e. The maximum atomic E-state index is 12.7. The Hall–Kier alpha value is -2.40. The van der Waals surface area contributed by atoms with Gasteiger partial charge >= 0.3 is 0 Å². The molecule has 6 heteroatoms. The Morgan fingerprint density at radius 3 is 2.35 bits per heavy atom. The van der Waals surface area contributed by atoms with Crippen LogP contribution in [0.2, 0.25) is 5.02 Å². The Bertz CT molecular complexity index is 786. The molecule has 0 atom stereocenters. The SMILES string of the molecule is CCCN(CCC)C(=O)c1cccc(C(=O)Nc2ccc(Cl)cc2C)n1. The van der Waals surface area contributed by atoms with Crippen LogP contribution in [0, 0.1) is 6.92 Å². The highest BCUT2D eigenvalue weighted by molar-refractivity contribution is 6.30. The van der Waals surface area contributed by atoms with E-state index >= 15 is 0 Å². The summed E-state index contributed by atoms with van der Waals surface area (Å²) in [6, 6.07) is 10.2. The van der Waals surface area contributed by atoms with Crippen LogP contribution in [0.3, 0.4) is 0 Å². The monoisotopic (exact) mass is 373 g/mol. The van der Waals surface area contributed by atoms with Crippen molar-refractivity contribution in [1.82, 2.24) is 9.88 Å². The Morgan fingerprint density at radius 1 is 1.08 bits per heavy atom. The molecule has 0 aliphatic carbocycles. The van der Waals surface area contributed by atoms with Gasteiger partial charge < -0.3 is 10.2 Å². The lowest BCUT2D eigenvalue weighted by Crippen LogP contribution is -2.33. The van der Waals surface area contributed by atoms with Crippen molar-refractivity contribution in [2.45, 2.75) is 33.6 Å². The van der Waals surface area contributed by atoms with Gasteiger partial charge in [-0.05, 0) is 55.7 Å². The Kier molecular flexibility index (Phi) is 7.16. The average molecular weight is 374 g/mol. The molecule has 5 nitrogen and oxygen atoms in total. The molecule has 0 bridgehead atoms. The molecule has 0 unspecified atom stereocenters. The fraction of sp³-hybridized carbons (Fsp3) is 0.350. The van der Waals surface area contributed by atoms with Gasteiger partial charge in [-0.3, -0.25) is 9.59 Å². The molecule has 26 heavy (non-hydrogen) atoms. The van der Waals surface area contributed by atoms with E-state index in [9.17, 15) is 9.59 Å². The van der Waals surface area contributed by atoms with Gasteiger partial charge in [-0.1, -0.05) is 31.5 Å². The predicted octanol–water partition coefficient (Wildman–Crippen LogP) is 4.56. The highest BCUT2D eigenvalue weighted by Gasteiger charge is 2.18. The molecule has 0 saturated heterocycles. The highest BCUT2D eigenvalue weighted by atomic mass is 35.5. The third kappa shape index (κ3) is 5.05. The van der Waals surface area contributed by atoms with Gasteiger partial charge in [0, 0.05) is 23.8 Å². The summed E-state index contributed by atoms with van der Waals surface area (Å²) < 4.78 is 0. The van der Waals surface area contributed by atoms with E-state index in [0.29, 0.717) is 23.8 Å². The summed E-state index contributed by atoms with van der Waals surface area (Å²) in [5.74, 6) is -0.506. The number of pyridine rings is 1. The molecule has 1 N–H and O–H groups in total. The first-order valence-corrected chi connectivity index (χ1v) is 9.17. The minimum Gasteiger partial charge on any atom is -0.337 e. The smallest absolute Gasteiger partial charge is 0.274 e. The molecule has 0 spiro atoms. The quantitative estimate of drug-likeness (QED) is 0.773. The standard InChI is InChI=1S/C20H24ClN3O2/c1-4-11-24(12-5-2)20(26)18-8-6-7-17(22-18)19(25)23-16-10-9-15(21)13-14(16)3/h6-10,13H,4-5,11-12H2,1-3H3,(H,23,25). The molecular formula is C20H24ClN3O2. The van der Waals surface area contributed by atoms with E-state index in [0.717, 1.165) is 18.4 Å². The summed E-state index contributed by atoms with van der Waals surface area (Å²) >= 11 is 5.94. The lowest BCUT2D eigenvalue weighted by Gasteiger charge is -2.21. The lowest BCUT2D eigenvalue weighted by molar-refractivity contribution is 0.0749. The molecule has 2 amide bonds. The van der Waals surface area contributed by atoms with Crippen LogP contribution in [0.15, 0.2) is 36.4 Å². The van der Waals surface area contributed by atoms with Crippen molar-refractivity contribution in [3.05, 3.63) is 58.4 Å². The number of hydrogen-bond donors (Lipinski definition) is 1. The van der Waals surface area contributed by atoms with Crippen molar-refractivity contribution >= 4 is 29.1 Å². The number of carbonyl (C=O) groups is 2. The molecule has 1 aromatic heterocycles. The van der Waals surface area contributed by atoms with Crippen LogP contribution in [-0.2, 0) is 0 Å². The van der Waals surface area contributed by atoms with E-state index in [1.807, 2.05) is 20.8 Å². The average Bonchev–Trinajstić information content (AvgIpc) is 2.63. The van der Waals surface area contributed by atoms with Gasteiger partial charge in [-0.25, -0.2) is 4.98 Å². The summed E-state index contributed by atoms with van der Waals surface area (Å²) in [6.07, 6.45) is 1.75. The second kappa shape index (κ2) is 9.34. The summed E-state index contributed by atoms with van der Waals surface area (Å²) in [5.41, 5.74) is 2.01.